The molecule has 0 unspecified atom stereocenters. The quantitative estimate of drug-likeness (QED) is 0.580. The van der Waals surface area contributed by atoms with Crippen molar-refractivity contribution in [3.8, 4) is 0 Å². The number of nitrogens with one attached hydrogen (secondary N) is 1. The van der Waals surface area contributed by atoms with Crippen LogP contribution < -0.4 is 5.32 Å². The lowest BCUT2D eigenvalue weighted by Gasteiger charge is -2.03. The van der Waals surface area contributed by atoms with Crippen LogP contribution in [0, 0.1) is 0 Å². The number of halogens is 1. The van der Waals surface area contributed by atoms with E-state index in [1.54, 1.807) is 11.8 Å². The molecule has 2 aromatic carbocycles. The fourth-order valence-electron chi connectivity index (χ4n) is 2.17. The summed E-state index contributed by atoms with van der Waals surface area (Å²) in [5.41, 5.74) is 1.90. The van der Waals surface area contributed by atoms with Crippen molar-refractivity contribution in [1.82, 2.24) is 4.98 Å². The Morgan fingerprint density at radius 2 is 2.04 bits per heavy atom. The molecule has 0 aliphatic rings. The highest BCUT2D eigenvalue weighted by molar-refractivity contribution is 9.10. The van der Waals surface area contributed by atoms with Crippen molar-refractivity contribution in [3.63, 3.8) is 0 Å². The number of anilines is 1. The van der Waals surface area contributed by atoms with E-state index in [0.717, 1.165) is 26.0 Å². The Balaban J connectivity index is 1.65. The molecular formula is C17H15BrN2OS2. The maximum Gasteiger partial charge on any atom is 0.230 e. The van der Waals surface area contributed by atoms with Gasteiger partial charge in [-0.3, -0.25) is 4.79 Å². The Hall–Kier alpha value is -1.37. The van der Waals surface area contributed by atoms with E-state index in [1.807, 2.05) is 30.3 Å². The highest BCUT2D eigenvalue weighted by Crippen LogP contribution is 2.28. The van der Waals surface area contributed by atoms with Crippen molar-refractivity contribution < 1.29 is 4.79 Å². The first-order valence-electron chi connectivity index (χ1n) is 7.21. The van der Waals surface area contributed by atoms with Gasteiger partial charge in [-0.15, -0.1) is 11.8 Å². The van der Waals surface area contributed by atoms with Gasteiger partial charge < -0.3 is 5.32 Å². The van der Waals surface area contributed by atoms with Gasteiger partial charge in [0.25, 0.3) is 0 Å². The number of hydrogen-bond donors (Lipinski definition) is 1. The number of thioether (sulfide) groups is 1. The normalized spacial score (nSPS) is 10.9. The van der Waals surface area contributed by atoms with Gasteiger partial charge in [-0.25, -0.2) is 4.98 Å². The molecule has 0 spiro atoms. The highest BCUT2D eigenvalue weighted by Gasteiger charge is 2.09. The molecule has 3 aromatic rings. The van der Waals surface area contributed by atoms with Gasteiger partial charge in [-0.05, 0) is 41.6 Å². The third-order valence-electron chi connectivity index (χ3n) is 3.20. The van der Waals surface area contributed by atoms with Crippen molar-refractivity contribution in [1.29, 1.82) is 0 Å². The molecule has 3 rings (SSSR count). The summed E-state index contributed by atoms with van der Waals surface area (Å²) in [5.74, 6) is 1.01. The smallest absolute Gasteiger partial charge is 0.230 e. The van der Waals surface area contributed by atoms with Crippen molar-refractivity contribution >= 4 is 60.3 Å². The number of hydrogen-bond acceptors (Lipinski definition) is 4. The van der Waals surface area contributed by atoms with Crippen LogP contribution in [0.1, 0.15) is 12.5 Å². The maximum absolute atomic E-state index is 12.2. The van der Waals surface area contributed by atoms with E-state index in [0.29, 0.717) is 11.6 Å². The zero-order valence-electron chi connectivity index (χ0n) is 12.5. The van der Waals surface area contributed by atoms with Gasteiger partial charge in [0.2, 0.25) is 5.91 Å². The van der Waals surface area contributed by atoms with E-state index in [1.165, 1.54) is 16.2 Å². The molecule has 118 valence electrons. The lowest BCUT2D eigenvalue weighted by atomic mass is 10.1. The van der Waals surface area contributed by atoms with Crippen molar-refractivity contribution in [2.24, 2.45) is 0 Å². The lowest BCUT2D eigenvalue weighted by molar-refractivity contribution is -0.115. The molecule has 0 radical (unpaired) electrons. The fraction of sp³-hybridized carbons (Fsp3) is 0.176. The fourth-order valence-corrected chi connectivity index (χ4v) is 4.27. The SMILES string of the molecule is CCSc1ccc(CC(=O)Nc2nc3ccc(Br)cc3s2)cc1. The molecule has 0 saturated carbocycles. The van der Waals surface area contributed by atoms with Crippen LogP contribution in [0.15, 0.2) is 51.8 Å². The summed E-state index contributed by atoms with van der Waals surface area (Å²) in [6.45, 7) is 2.13. The van der Waals surface area contributed by atoms with Crippen LogP contribution in [-0.2, 0) is 11.2 Å². The minimum Gasteiger partial charge on any atom is -0.302 e. The molecule has 1 aromatic heterocycles. The average molecular weight is 407 g/mol. The second-order valence-electron chi connectivity index (χ2n) is 4.93. The minimum atomic E-state index is -0.0426. The van der Waals surface area contributed by atoms with Gasteiger partial charge in [0.15, 0.2) is 5.13 Å². The summed E-state index contributed by atoms with van der Waals surface area (Å²) in [6, 6.07) is 14.0. The number of nitrogens with zero attached hydrogens (tertiary/aromatic N) is 1. The molecule has 3 nitrogen and oxygen atoms in total. The zero-order chi connectivity index (χ0) is 16.2. The Kier molecular flexibility index (Phi) is 5.35. The van der Waals surface area contributed by atoms with Crippen LogP contribution in [0.5, 0.6) is 0 Å². The molecule has 1 heterocycles. The molecular weight excluding hydrogens is 392 g/mol. The van der Waals surface area contributed by atoms with Crippen LogP contribution in [0.3, 0.4) is 0 Å². The third kappa shape index (κ3) is 4.34. The number of fused-ring (bicyclic) bond motifs is 1. The summed E-state index contributed by atoms with van der Waals surface area (Å²) in [7, 11) is 0. The van der Waals surface area contributed by atoms with E-state index >= 15 is 0 Å². The Morgan fingerprint density at radius 3 is 2.78 bits per heavy atom. The summed E-state index contributed by atoms with van der Waals surface area (Å²) in [4.78, 5) is 17.8. The van der Waals surface area contributed by atoms with Gasteiger partial charge in [-0.1, -0.05) is 46.3 Å². The molecule has 23 heavy (non-hydrogen) atoms. The Labute approximate surface area is 151 Å². The summed E-state index contributed by atoms with van der Waals surface area (Å²) >= 11 is 6.72. The number of amides is 1. The van der Waals surface area contributed by atoms with Gasteiger partial charge in [0.1, 0.15) is 0 Å². The largest absolute Gasteiger partial charge is 0.302 e. The lowest BCUT2D eigenvalue weighted by Crippen LogP contribution is -2.14. The molecule has 0 atom stereocenters. The molecule has 1 N–H and O–H groups in total. The third-order valence-corrected chi connectivity index (χ3v) is 5.52. The van der Waals surface area contributed by atoms with Gasteiger partial charge in [0, 0.05) is 9.37 Å². The van der Waals surface area contributed by atoms with Crippen LogP contribution in [0.4, 0.5) is 5.13 Å². The maximum atomic E-state index is 12.2. The molecule has 1 amide bonds. The van der Waals surface area contributed by atoms with Crippen LogP contribution >= 0.6 is 39.0 Å². The van der Waals surface area contributed by atoms with E-state index in [4.69, 9.17) is 0 Å². The van der Waals surface area contributed by atoms with Crippen LogP contribution in [0.2, 0.25) is 0 Å². The van der Waals surface area contributed by atoms with Crippen molar-refractivity contribution in [2.45, 2.75) is 18.2 Å². The number of carbonyl (C=O) groups excluding carboxylic acids is 1. The first-order valence-corrected chi connectivity index (χ1v) is 9.81. The second-order valence-corrected chi connectivity index (χ2v) is 8.22. The predicted octanol–water partition coefficient (Wildman–Crippen LogP) is 5.35. The van der Waals surface area contributed by atoms with Gasteiger partial charge in [-0.2, -0.15) is 0 Å². The molecule has 0 saturated heterocycles. The monoisotopic (exact) mass is 406 g/mol. The molecule has 0 aliphatic carbocycles. The van der Waals surface area contributed by atoms with Crippen LogP contribution in [0.25, 0.3) is 10.2 Å². The van der Waals surface area contributed by atoms with E-state index in [-0.39, 0.29) is 5.91 Å². The average Bonchev–Trinajstić information content (AvgIpc) is 2.90. The minimum absolute atomic E-state index is 0.0426. The highest BCUT2D eigenvalue weighted by atomic mass is 79.9. The summed E-state index contributed by atoms with van der Waals surface area (Å²) in [5, 5.41) is 3.53. The predicted molar refractivity (Wildman–Crippen MR) is 102 cm³/mol. The van der Waals surface area contributed by atoms with Gasteiger partial charge >= 0.3 is 0 Å². The Bertz CT molecular complexity index is 830. The van der Waals surface area contributed by atoms with E-state index in [2.05, 4.69) is 45.3 Å². The molecule has 0 fully saturated rings. The molecule has 0 aliphatic heterocycles. The first kappa shape index (κ1) is 16.5. The number of aromatic nitrogens is 1. The van der Waals surface area contributed by atoms with E-state index < -0.39 is 0 Å². The summed E-state index contributed by atoms with van der Waals surface area (Å²) in [6.07, 6.45) is 0.358. The topological polar surface area (TPSA) is 42.0 Å². The van der Waals surface area contributed by atoms with Crippen molar-refractivity contribution in [2.75, 3.05) is 11.1 Å². The van der Waals surface area contributed by atoms with Gasteiger partial charge in [0.05, 0.1) is 16.6 Å². The second kappa shape index (κ2) is 7.47. The van der Waals surface area contributed by atoms with Crippen molar-refractivity contribution in [3.05, 3.63) is 52.5 Å². The standard InChI is InChI=1S/C17H15BrN2OS2/c1-2-22-13-6-3-11(4-7-13)9-16(21)20-17-19-14-8-5-12(18)10-15(14)23-17/h3-8,10H,2,9H2,1H3,(H,19,20,21). The Morgan fingerprint density at radius 1 is 1.26 bits per heavy atom. The molecule has 0 bridgehead atoms. The summed E-state index contributed by atoms with van der Waals surface area (Å²) < 4.78 is 2.06. The number of thiazole rings is 1. The zero-order valence-corrected chi connectivity index (χ0v) is 15.7. The van der Waals surface area contributed by atoms with Crippen LogP contribution in [-0.4, -0.2) is 16.6 Å². The number of benzene rings is 2. The van der Waals surface area contributed by atoms with E-state index in [9.17, 15) is 4.79 Å². The number of rotatable bonds is 5. The first-order chi connectivity index (χ1) is 11.1. The molecule has 6 heteroatoms. The number of carbonyl (C=O) groups is 1.